The van der Waals surface area contributed by atoms with Crippen molar-refractivity contribution in [1.82, 2.24) is 0 Å². The molecule has 0 aromatic heterocycles. The SMILES string of the molecule is CC1(C#N)CC=Cc2ccccc21. The first-order valence-corrected chi connectivity index (χ1v) is 4.43. The molecule has 1 aliphatic rings. The molecule has 0 saturated carbocycles. The number of hydrogen-bond donors (Lipinski definition) is 0. The van der Waals surface area contributed by atoms with Crippen LogP contribution in [0.4, 0.5) is 0 Å². The molecule has 64 valence electrons. The van der Waals surface area contributed by atoms with E-state index in [1.807, 2.05) is 25.1 Å². The summed E-state index contributed by atoms with van der Waals surface area (Å²) in [6.07, 6.45) is 4.99. The Bertz CT molecular complexity index is 398. The van der Waals surface area contributed by atoms with Gasteiger partial charge in [0.2, 0.25) is 0 Å². The van der Waals surface area contributed by atoms with Crippen LogP contribution in [0.2, 0.25) is 0 Å². The zero-order valence-corrected chi connectivity index (χ0v) is 7.62. The molecule has 1 atom stereocenters. The highest BCUT2D eigenvalue weighted by Gasteiger charge is 2.28. The van der Waals surface area contributed by atoms with Gasteiger partial charge in [0, 0.05) is 0 Å². The van der Waals surface area contributed by atoms with Crippen molar-refractivity contribution in [3.8, 4) is 6.07 Å². The number of allylic oxidation sites excluding steroid dienone is 1. The van der Waals surface area contributed by atoms with Gasteiger partial charge in [-0.1, -0.05) is 36.4 Å². The second-order valence-electron chi connectivity index (χ2n) is 3.64. The van der Waals surface area contributed by atoms with E-state index in [-0.39, 0.29) is 5.41 Å². The first kappa shape index (κ1) is 8.07. The van der Waals surface area contributed by atoms with E-state index in [0.29, 0.717) is 0 Å². The largest absolute Gasteiger partial charge is 0.197 e. The van der Waals surface area contributed by atoms with E-state index in [9.17, 15) is 0 Å². The Kier molecular flexibility index (Phi) is 1.70. The molecule has 1 aromatic carbocycles. The van der Waals surface area contributed by atoms with Crippen molar-refractivity contribution >= 4 is 6.08 Å². The van der Waals surface area contributed by atoms with Crippen LogP contribution >= 0.6 is 0 Å². The van der Waals surface area contributed by atoms with Crippen molar-refractivity contribution in [2.45, 2.75) is 18.8 Å². The highest BCUT2D eigenvalue weighted by Crippen LogP contribution is 2.34. The summed E-state index contributed by atoms with van der Waals surface area (Å²) in [4.78, 5) is 0. The van der Waals surface area contributed by atoms with Crippen LogP contribution < -0.4 is 0 Å². The van der Waals surface area contributed by atoms with E-state index >= 15 is 0 Å². The second kappa shape index (κ2) is 2.74. The van der Waals surface area contributed by atoms with Gasteiger partial charge >= 0.3 is 0 Å². The molecule has 0 fully saturated rings. The van der Waals surface area contributed by atoms with Gasteiger partial charge in [0.1, 0.15) is 0 Å². The zero-order chi connectivity index (χ0) is 9.31. The summed E-state index contributed by atoms with van der Waals surface area (Å²) in [5.74, 6) is 0. The molecule has 1 unspecified atom stereocenters. The van der Waals surface area contributed by atoms with E-state index in [2.05, 4.69) is 24.3 Å². The Morgan fingerprint density at radius 1 is 1.38 bits per heavy atom. The van der Waals surface area contributed by atoms with Crippen molar-refractivity contribution in [3.63, 3.8) is 0 Å². The maximum atomic E-state index is 9.11. The molecular formula is C12H11N. The van der Waals surface area contributed by atoms with Crippen LogP contribution in [0.25, 0.3) is 6.08 Å². The van der Waals surface area contributed by atoms with Gasteiger partial charge in [-0.25, -0.2) is 0 Å². The Morgan fingerprint density at radius 2 is 2.15 bits per heavy atom. The van der Waals surface area contributed by atoms with Crippen LogP contribution in [-0.2, 0) is 5.41 Å². The van der Waals surface area contributed by atoms with E-state index in [1.54, 1.807) is 0 Å². The molecule has 0 amide bonds. The molecular weight excluding hydrogens is 158 g/mol. The lowest BCUT2D eigenvalue weighted by molar-refractivity contribution is 0.614. The van der Waals surface area contributed by atoms with Crippen LogP contribution in [0.3, 0.4) is 0 Å². The van der Waals surface area contributed by atoms with E-state index in [4.69, 9.17) is 5.26 Å². The third-order valence-corrected chi connectivity index (χ3v) is 2.63. The predicted molar refractivity (Wildman–Crippen MR) is 53.1 cm³/mol. The highest BCUT2D eigenvalue weighted by atomic mass is 14.4. The van der Waals surface area contributed by atoms with Gasteiger partial charge in [-0.3, -0.25) is 0 Å². The molecule has 0 heterocycles. The van der Waals surface area contributed by atoms with Crippen LogP contribution in [0.5, 0.6) is 0 Å². The van der Waals surface area contributed by atoms with E-state index in [0.717, 1.165) is 12.0 Å². The summed E-state index contributed by atoms with van der Waals surface area (Å²) in [7, 11) is 0. The zero-order valence-electron chi connectivity index (χ0n) is 7.62. The molecule has 1 aliphatic carbocycles. The minimum atomic E-state index is -0.328. The first-order valence-electron chi connectivity index (χ1n) is 4.43. The van der Waals surface area contributed by atoms with Gasteiger partial charge in [0.15, 0.2) is 0 Å². The molecule has 0 N–H and O–H groups in total. The lowest BCUT2D eigenvalue weighted by Crippen LogP contribution is -2.21. The summed E-state index contributed by atoms with van der Waals surface area (Å²) in [5, 5.41) is 9.11. The Balaban J connectivity index is 2.64. The topological polar surface area (TPSA) is 23.8 Å². The normalized spacial score (nSPS) is 24.9. The van der Waals surface area contributed by atoms with Gasteiger partial charge in [-0.15, -0.1) is 0 Å². The van der Waals surface area contributed by atoms with Gasteiger partial charge in [0.25, 0.3) is 0 Å². The van der Waals surface area contributed by atoms with Crippen LogP contribution in [0.15, 0.2) is 30.3 Å². The molecule has 13 heavy (non-hydrogen) atoms. The molecule has 2 rings (SSSR count). The first-order chi connectivity index (χ1) is 6.26. The minimum Gasteiger partial charge on any atom is -0.197 e. The van der Waals surface area contributed by atoms with Gasteiger partial charge in [-0.2, -0.15) is 5.26 Å². The molecule has 1 aromatic rings. The highest BCUT2D eigenvalue weighted by molar-refractivity contribution is 5.60. The fraction of sp³-hybridized carbons (Fsp3) is 0.250. The molecule has 1 nitrogen and oxygen atoms in total. The lowest BCUT2D eigenvalue weighted by Gasteiger charge is -2.25. The Labute approximate surface area is 78.3 Å². The summed E-state index contributed by atoms with van der Waals surface area (Å²) in [6, 6.07) is 10.5. The summed E-state index contributed by atoms with van der Waals surface area (Å²) in [6.45, 7) is 2.00. The van der Waals surface area contributed by atoms with Crippen LogP contribution in [0.1, 0.15) is 24.5 Å². The number of fused-ring (bicyclic) bond motifs is 1. The Hall–Kier alpha value is -1.55. The standard InChI is InChI=1S/C12H11N/c1-12(9-13)8-4-6-10-5-2-3-7-11(10)12/h2-7H,8H2,1H3. The van der Waals surface area contributed by atoms with E-state index in [1.165, 1.54) is 5.56 Å². The number of hydrogen-bond acceptors (Lipinski definition) is 1. The summed E-state index contributed by atoms with van der Waals surface area (Å²) < 4.78 is 0. The third-order valence-electron chi connectivity index (χ3n) is 2.63. The summed E-state index contributed by atoms with van der Waals surface area (Å²) >= 11 is 0. The Morgan fingerprint density at radius 3 is 2.92 bits per heavy atom. The average Bonchev–Trinajstić information content (AvgIpc) is 2.19. The van der Waals surface area contributed by atoms with Gasteiger partial charge in [0.05, 0.1) is 11.5 Å². The smallest absolute Gasteiger partial charge is 0.0834 e. The van der Waals surface area contributed by atoms with Crippen molar-refractivity contribution in [2.24, 2.45) is 0 Å². The minimum absolute atomic E-state index is 0.328. The van der Waals surface area contributed by atoms with Crippen molar-refractivity contribution < 1.29 is 0 Å². The maximum absolute atomic E-state index is 9.11. The van der Waals surface area contributed by atoms with E-state index < -0.39 is 0 Å². The fourth-order valence-corrected chi connectivity index (χ4v) is 1.78. The molecule has 0 saturated heterocycles. The van der Waals surface area contributed by atoms with Crippen LogP contribution in [0, 0.1) is 11.3 Å². The predicted octanol–water partition coefficient (Wildman–Crippen LogP) is 2.88. The van der Waals surface area contributed by atoms with Gasteiger partial charge < -0.3 is 0 Å². The molecule has 0 bridgehead atoms. The monoisotopic (exact) mass is 169 g/mol. The lowest BCUT2D eigenvalue weighted by atomic mass is 9.75. The second-order valence-corrected chi connectivity index (χ2v) is 3.64. The number of benzene rings is 1. The number of nitrogens with zero attached hydrogens (tertiary/aromatic N) is 1. The maximum Gasteiger partial charge on any atom is 0.0834 e. The quantitative estimate of drug-likeness (QED) is 0.585. The molecule has 0 radical (unpaired) electrons. The fourth-order valence-electron chi connectivity index (χ4n) is 1.78. The van der Waals surface area contributed by atoms with Crippen molar-refractivity contribution in [2.75, 3.05) is 0 Å². The molecule has 1 heteroatoms. The van der Waals surface area contributed by atoms with Crippen LogP contribution in [-0.4, -0.2) is 0 Å². The average molecular weight is 169 g/mol. The number of rotatable bonds is 0. The number of nitriles is 1. The summed E-state index contributed by atoms with van der Waals surface area (Å²) in [5.41, 5.74) is 2.00. The van der Waals surface area contributed by atoms with Gasteiger partial charge in [-0.05, 0) is 24.5 Å². The molecule has 0 spiro atoms. The van der Waals surface area contributed by atoms with Crippen molar-refractivity contribution in [3.05, 3.63) is 41.5 Å². The third kappa shape index (κ3) is 1.15. The van der Waals surface area contributed by atoms with Crippen molar-refractivity contribution in [1.29, 1.82) is 5.26 Å². The molecule has 0 aliphatic heterocycles.